The van der Waals surface area contributed by atoms with Gasteiger partial charge in [-0.15, -0.1) is 0 Å². The molecule has 4 aliphatic heterocycles. The molecule has 6 heteroatoms. The molecule has 23 heavy (non-hydrogen) atoms. The third kappa shape index (κ3) is 1.96. The van der Waals surface area contributed by atoms with Crippen LogP contribution in [0.4, 0.5) is 0 Å². The van der Waals surface area contributed by atoms with Crippen molar-refractivity contribution >= 4 is 0 Å². The van der Waals surface area contributed by atoms with Crippen LogP contribution in [0, 0.1) is 17.8 Å². The molecule has 8 atom stereocenters. The Morgan fingerprint density at radius 2 is 1.96 bits per heavy atom. The van der Waals surface area contributed by atoms with Gasteiger partial charge in [0.25, 0.3) is 0 Å². The molecule has 1 N–H and O–H groups in total. The molecule has 2 bridgehead atoms. The number of aliphatic hydroxyl groups is 1. The van der Waals surface area contributed by atoms with Gasteiger partial charge in [-0.05, 0) is 39.0 Å². The second-order valence-electron chi connectivity index (χ2n) is 7.88. The normalized spacial score (nSPS) is 58.6. The highest BCUT2D eigenvalue weighted by Crippen LogP contribution is 2.62. The predicted octanol–water partition coefficient (Wildman–Crippen LogP) is 2.35. The molecule has 1 spiro atoms. The second kappa shape index (κ2) is 5.13. The van der Waals surface area contributed by atoms with Crippen molar-refractivity contribution in [2.75, 3.05) is 6.61 Å². The highest BCUT2D eigenvalue weighted by Gasteiger charge is 2.75. The molecule has 0 aromatic heterocycles. The third-order valence-electron chi connectivity index (χ3n) is 6.62. The van der Waals surface area contributed by atoms with E-state index in [1.807, 2.05) is 20.8 Å². The fourth-order valence-corrected chi connectivity index (χ4v) is 5.17. The molecule has 0 radical (unpaired) electrons. The van der Waals surface area contributed by atoms with Gasteiger partial charge in [-0.25, -0.2) is 9.78 Å². The highest BCUT2D eigenvalue weighted by atomic mass is 17.3. The molecule has 132 valence electrons. The fraction of sp³-hybridized carbons (Fsp3) is 1.00. The molecule has 0 amide bonds. The van der Waals surface area contributed by atoms with Crippen molar-refractivity contribution in [1.29, 1.82) is 0 Å². The maximum atomic E-state index is 11.7. The topological polar surface area (TPSA) is 66.4 Å². The number of fused-ring (bicyclic) bond motifs is 2. The smallest absolute Gasteiger partial charge is 0.201 e. The van der Waals surface area contributed by atoms with Crippen molar-refractivity contribution < 1.29 is 29.1 Å². The van der Waals surface area contributed by atoms with Crippen LogP contribution >= 0.6 is 0 Å². The molecule has 0 aromatic carbocycles. The van der Waals surface area contributed by atoms with E-state index in [4.69, 9.17) is 24.0 Å². The van der Waals surface area contributed by atoms with Crippen LogP contribution in [0.3, 0.4) is 0 Å². The second-order valence-corrected chi connectivity index (χ2v) is 7.88. The van der Waals surface area contributed by atoms with E-state index in [1.165, 1.54) is 0 Å². The van der Waals surface area contributed by atoms with Crippen molar-refractivity contribution in [2.45, 2.75) is 82.9 Å². The summed E-state index contributed by atoms with van der Waals surface area (Å²) in [5.74, 6) is -0.487. The van der Waals surface area contributed by atoms with Gasteiger partial charge in [0.1, 0.15) is 5.60 Å². The first-order valence-electron chi connectivity index (χ1n) is 8.90. The average molecular weight is 328 g/mol. The number of ether oxygens (including phenoxy) is 3. The van der Waals surface area contributed by atoms with Gasteiger partial charge in [0.2, 0.25) is 5.79 Å². The summed E-state index contributed by atoms with van der Waals surface area (Å²) in [6.45, 7) is 8.52. The monoisotopic (exact) mass is 328 g/mol. The van der Waals surface area contributed by atoms with Gasteiger partial charge in [-0.1, -0.05) is 13.8 Å². The zero-order valence-corrected chi connectivity index (χ0v) is 14.4. The van der Waals surface area contributed by atoms with Crippen LogP contribution in [0.2, 0.25) is 0 Å². The maximum absolute atomic E-state index is 11.7. The lowest BCUT2D eigenvalue weighted by atomic mass is 9.55. The van der Waals surface area contributed by atoms with Gasteiger partial charge in [0.15, 0.2) is 18.2 Å². The van der Waals surface area contributed by atoms with E-state index in [0.717, 1.165) is 19.3 Å². The van der Waals surface area contributed by atoms with E-state index in [2.05, 4.69) is 6.92 Å². The quantitative estimate of drug-likeness (QED) is 0.785. The minimum atomic E-state index is -1.08. The largest absolute Gasteiger partial charge is 0.386 e. The molecule has 5 fully saturated rings. The molecule has 0 aromatic rings. The molecular weight excluding hydrogens is 300 g/mol. The fourth-order valence-electron chi connectivity index (χ4n) is 5.17. The van der Waals surface area contributed by atoms with Gasteiger partial charge in [-0.2, -0.15) is 0 Å². The zero-order chi connectivity index (χ0) is 16.5. The summed E-state index contributed by atoms with van der Waals surface area (Å²) in [5, 5.41) is 11.7. The molecule has 6 nitrogen and oxygen atoms in total. The summed E-state index contributed by atoms with van der Waals surface area (Å²) in [4.78, 5) is 11.6. The Balaban J connectivity index is 1.82. The minimum absolute atomic E-state index is 0.139. The Morgan fingerprint density at radius 1 is 1.17 bits per heavy atom. The van der Waals surface area contributed by atoms with Crippen LogP contribution in [-0.4, -0.2) is 41.3 Å². The first-order valence-corrected chi connectivity index (χ1v) is 8.90. The first-order chi connectivity index (χ1) is 10.9. The lowest BCUT2D eigenvalue weighted by molar-refractivity contribution is -0.591. The molecule has 1 aliphatic carbocycles. The Hall–Kier alpha value is -0.240. The average Bonchev–Trinajstić information content (AvgIpc) is 2.75. The lowest BCUT2D eigenvalue weighted by Gasteiger charge is -2.63. The number of rotatable bonds is 2. The molecule has 5 rings (SSSR count). The van der Waals surface area contributed by atoms with Gasteiger partial charge in [-0.3, -0.25) is 0 Å². The Bertz CT molecular complexity index is 486. The molecule has 2 unspecified atom stereocenters. The van der Waals surface area contributed by atoms with Crippen LogP contribution < -0.4 is 0 Å². The van der Waals surface area contributed by atoms with Gasteiger partial charge < -0.3 is 19.3 Å². The van der Waals surface area contributed by atoms with Crippen LogP contribution in [0.5, 0.6) is 0 Å². The van der Waals surface area contributed by atoms with Crippen molar-refractivity contribution in [3.8, 4) is 0 Å². The van der Waals surface area contributed by atoms with Crippen molar-refractivity contribution in [1.82, 2.24) is 0 Å². The summed E-state index contributed by atoms with van der Waals surface area (Å²) in [6, 6.07) is 0. The molecule has 4 heterocycles. The standard InChI is InChI=1S/C17H28O6/c1-5-19-13-11(3)16(18)9-6-10(2)12-7-8-15(4)21-14(20-13)17(12,16)23-22-15/h10-14,18H,5-9H2,1-4H3/t10-,11+,12+,13?,14-,15?,16-,17+/m1/s1. The van der Waals surface area contributed by atoms with E-state index >= 15 is 0 Å². The van der Waals surface area contributed by atoms with Crippen LogP contribution in [-0.2, 0) is 24.0 Å². The van der Waals surface area contributed by atoms with E-state index in [1.54, 1.807) is 0 Å². The Kier molecular flexibility index (Phi) is 3.62. The summed E-state index contributed by atoms with van der Waals surface area (Å²) in [6.07, 6.45) is 2.05. The van der Waals surface area contributed by atoms with Crippen LogP contribution in [0.15, 0.2) is 0 Å². The van der Waals surface area contributed by atoms with Crippen molar-refractivity contribution in [3.63, 3.8) is 0 Å². The zero-order valence-electron chi connectivity index (χ0n) is 14.4. The number of hydrogen-bond donors (Lipinski definition) is 1. The lowest BCUT2D eigenvalue weighted by Crippen LogP contribution is -2.79. The van der Waals surface area contributed by atoms with Crippen molar-refractivity contribution in [3.05, 3.63) is 0 Å². The van der Waals surface area contributed by atoms with Crippen molar-refractivity contribution in [2.24, 2.45) is 17.8 Å². The summed E-state index contributed by atoms with van der Waals surface area (Å²) >= 11 is 0. The Morgan fingerprint density at radius 3 is 2.70 bits per heavy atom. The van der Waals surface area contributed by atoms with E-state index in [-0.39, 0.29) is 11.8 Å². The van der Waals surface area contributed by atoms with Gasteiger partial charge >= 0.3 is 0 Å². The summed E-state index contributed by atoms with van der Waals surface area (Å²) in [5.41, 5.74) is -2.06. The predicted molar refractivity (Wildman–Crippen MR) is 79.9 cm³/mol. The Labute approximate surface area is 137 Å². The summed E-state index contributed by atoms with van der Waals surface area (Å²) < 4.78 is 18.1. The van der Waals surface area contributed by atoms with Crippen LogP contribution in [0.1, 0.15) is 53.4 Å². The number of hydrogen-bond acceptors (Lipinski definition) is 6. The van der Waals surface area contributed by atoms with E-state index in [9.17, 15) is 5.11 Å². The summed E-state index contributed by atoms with van der Waals surface area (Å²) in [7, 11) is 0. The van der Waals surface area contributed by atoms with Gasteiger partial charge in [0.05, 0.1) is 0 Å². The maximum Gasteiger partial charge on any atom is 0.201 e. The third-order valence-corrected chi connectivity index (χ3v) is 6.62. The first kappa shape index (κ1) is 16.2. The van der Waals surface area contributed by atoms with E-state index < -0.39 is 29.6 Å². The molecule has 5 aliphatic rings. The molecular formula is C17H28O6. The SMILES string of the molecule is CCOC1O[C@@H]2OC3(C)CC[C@H]4[C@H](C)CC[C@@](O)([C@H]1C)[C@@]24OO3. The molecule has 4 saturated heterocycles. The molecule has 1 saturated carbocycles. The van der Waals surface area contributed by atoms with E-state index in [0.29, 0.717) is 18.9 Å². The minimum Gasteiger partial charge on any atom is -0.386 e. The highest BCUT2D eigenvalue weighted by molar-refractivity contribution is 5.17. The van der Waals surface area contributed by atoms with Crippen LogP contribution in [0.25, 0.3) is 0 Å². The van der Waals surface area contributed by atoms with Gasteiger partial charge in [0, 0.05) is 24.9 Å².